The normalized spacial score (nSPS) is 12.2. The average molecular weight is 825 g/mol. The van der Waals surface area contributed by atoms with E-state index in [2.05, 4.69) is 203 Å². The first-order chi connectivity index (χ1) is 30.8. The van der Waals surface area contributed by atoms with Crippen LogP contribution < -0.4 is 0 Å². The standard InChI is InChI=1S/C56H32N4S2/c1-3-15-33(16-4-1)55-57-51-41-23-11-14-26-48(41)62-54(51)56(58-55)60-46-30-28-35(34-27-29-45-42(31-34)37-19-9-12-24-44(37)59(45)36-17-5-2-6-18-36)32-43(46)49-38-20-7-8-21-39(38)50-40-22-10-13-25-47(40)61-53(50)52(49)60/h1-32H. The van der Waals surface area contributed by atoms with Crippen LogP contribution in [0.3, 0.4) is 0 Å². The number of para-hydroxylation sites is 2. The number of hydrogen-bond acceptors (Lipinski definition) is 4. The molecule has 0 amide bonds. The van der Waals surface area contributed by atoms with Crippen LogP contribution in [-0.2, 0) is 0 Å². The van der Waals surface area contributed by atoms with E-state index in [4.69, 9.17) is 9.97 Å². The Kier molecular flexibility index (Phi) is 7.11. The third-order valence-electron chi connectivity index (χ3n) is 12.7. The van der Waals surface area contributed by atoms with Gasteiger partial charge in [0.05, 0.1) is 37.0 Å². The Hall–Kier alpha value is -7.64. The first kappa shape index (κ1) is 34.1. The van der Waals surface area contributed by atoms with Gasteiger partial charge in [-0.05, 0) is 76.5 Å². The van der Waals surface area contributed by atoms with Crippen molar-refractivity contribution in [2.24, 2.45) is 0 Å². The van der Waals surface area contributed by atoms with Gasteiger partial charge in [-0.3, -0.25) is 4.57 Å². The molecule has 62 heavy (non-hydrogen) atoms. The van der Waals surface area contributed by atoms with Gasteiger partial charge < -0.3 is 4.57 Å². The Labute approximate surface area is 362 Å². The molecule has 0 bridgehead atoms. The minimum atomic E-state index is 0.722. The van der Waals surface area contributed by atoms with E-state index in [1.54, 1.807) is 11.3 Å². The second-order valence-electron chi connectivity index (χ2n) is 16.1. The molecule has 0 unspecified atom stereocenters. The lowest BCUT2D eigenvalue weighted by molar-refractivity contribution is 1.09. The topological polar surface area (TPSA) is 35.6 Å². The molecule has 14 aromatic rings. The van der Waals surface area contributed by atoms with Gasteiger partial charge in [-0.25, -0.2) is 9.97 Å². The van der Waals surface area contributed by atoms with E-state index in [9.17, 15) is 0 Å². The van der Waals surface area contributed by atoms with Gasteiger partial charge in [0, 0.05) is 58.4 Å². The maximum absolute atomic E-state index is 5.59. The molecule has 5 aromatic heterocycles. The minimum Gasteiger partial charge on any atom is -0.309 e. The van der Waals surface area contributed by atoms with E-state index in [1.165, 1.54) is 84.9 Å². The molecule has 0 aliphatic rings. The molecular weight excluding hydrogens is 793 g/mol. The number of hydrogen-bond donors (Lipinski definition) is 0. The molecule has 0 saturated heterocycles. The zero-order chi connectivity index (χ0) is 40.5. The maximum atomic E-state index is 5.59. The van der Waals surface area contributed by atoms with Crippen molar-refractivity contribution in [2.45, 2.75) is 0 Å². The van der Waals surface area contributed by atoms with Crippen molar-refractivity contribution < 1.29 is 0 Å². The SMILES string of the molecule is c1ccc(-c2nc(-n3c4ccc(-c5ccc6c(c5)c5ccccc5n6-c5ccccc5)cc4c4c5ccccc5c5c6ccccc6sc5c43)c3sc4ccccc4c3n2)cc1. The van der Waals surface area contributed by atoms with Crippen molar-refractivity contribution in [2.75, 3.05) is 0 Å². The van der Waals surface area contributed by atoms with Crippen molar-refractivity contribution in [1.29, 1.82) is 0 Å². The fourth-order valence-corrected chi connectivity index (χ4v) is 12.4. The predicted octanol–water partition coefficient (Wildman–Crippen LogP) is 15.9. The molecule has 0 saturated carbocycles. The van der Waals surface area contributed by atoms with Gasteiger partial charge in [0.15, 0.2) is 11.6 Å². The Morgan fingerprint density at radius 3 is 1.66 bits per heavy atom. The first-order valence-electron chi connectivity index (χ1n) is 20.9. The molecule has 0 N–H and O–H groups in total. The van der Waals surface area contributed by atoms with Crippen LogP contribution in [0.15, 0.2) is 194 Å². The van der Waals surface area contributed by atoms with Crippen molar-refractivity contribution in [3.63, 3.8) is 0 Å². The third kappa shape index (κ3) is 4.76. The van der Waals surface area contributed by atoms with Gasteiger partial charge in [0.25, 0.3) is 0 Å². The second kappa shape index (κ2) is 12.9. The molecule has 288 valence electrons. The molecule has 14 rings (SSSR count). The molecular formula is C56H32N4S2. The minimum absolute atomic E-state index is 0.722. The molecule has 4 nitrogen and oxygen atoms in total. The number of fused-ring (bicyclic) bond motifs is 16. The number of rotatable bonds is 4. The second-order valence-corrected chi connectivity index (χ2v) is 18.2. The van der Waals surface area contributed by atoms with Crippen LogP contribution in [0.25, 0.3) is 129 Å². The third-order valence-corrected chi connectivity index (χ3v) is 15.0. The van der Waals surface area contributed by atoms with Crippen LogP contribution >= 0.6 is 22.7 Å². The Balaban J connectivity index is 1.12. The zero-order valence-electron chi connectivity index (χ0n) is 33.1. The van der Waals surface area contributed by atoms with Crippen molar-refractivity contribution in [1.82, 2.24) is 19.1 Å². The summed E-state index contributed by atoms with van der Waals surface area (Å²) in [5.74, 6) is 1.63. The van der Waals surface area contributed by atoms with Gasteiger partial charge in [0.1, 0.15) is 0 Å². The average Bonchev–Trinajstić information content (AvgIpc) is 4.10. The van der Waals surface area contributed by atoms with Crippen molar-refractivity contribution in [3.8, 4) is 34.0 Å². The van der Waals surface area contributed by atoms with Crippen molar-refractivity contribution in [3.05, 3.63) is 194 Å². The Morgan fingerprint density at radius 1 is 0.355 bits per heavy atom. The van der Waals surface area contributed by atoms with Gasteiger partial charge in [-0.1, -0.05) is 140 Å². The summed E-state index contributed by atoms with van der Waals surface area (Å²) in [6.45, 7) is 0. The van der Waals surface area contributed by atoms with Gasteiger partial charge >= 0.3 is 0 Å². The highest BCUT2D eigenvalue weighted by atomic mass is 32.1. The van der Waals surface area contributed by atoms with E-state index in [0.29, 0.717) is 0 Å². The van der Waals surface area contributed by atoms with Crippen LogP contribution in [0.1, 0.15) is 0 Å². The zero-order valence-corrected chi connectivity index (χ0v) is 34.7. The largest absolute Gasteiger partial charge is 0.309 e. The van der Waals surface area contributed by atoms with Crippen molar-refractivity contribution >= 4 is 118 Å². The summed E-state index contributed by atoms with van der Waals surface area (Å²) in [7, 11) is 0. The van der Waals surface area contributed by atoms with E-state index in [1.807, 2.05) is 11.3 Å². The molecule has 0 fully saturated rings. The van der Waals surface area contributed by atoms with Gasteiger partial charge in [-0.15, -0.1) is 22.7 Å². The molecule has 6 heteroatoms. The van der Waals surface area contributed by atoms with Crippen LogP contribution in [0.5, 0.6) is 0 Å². The molecule has 0 atom stereocenters. The lowest BCUT2D eigenvalue weighted by atomic mass is 9.97. The summed E-state index contributed by atoms with van der Waals surface area (Å²) >= 11 is 3.66. The Bertz CT molecular complexity index is 4150. The van der Waals surface area contributed by atoms with Gasteiger partial charge in [-0.2, -0.15) is 0 Å². The molecule has 5 heterocycles. The summed E-state index contributed by atoms with van der Waals surface area (Å²) in [5.41, 5.74) is 10.2. The summed E-state index contributed by atoms with van der Waals surface area (Å²) in [5, 5.41) is 11.2. The summed E-state index contributed by atoms with van der Waals surface area (Å²) in [6, 6.07) is 70.4. The van der Waals surface area contributed by atoms with E-state index < -0.39 is 0 Å². The summed E-state index contributed by atoms with van der Waals surface area (Å²) < 4.78 is 9.68. The first-order valence-corrected chi connectivity index (χ1v) is 22.5. The van der Waals surface area contributed by atoms with E-state index in [-0.39, 0.29) is 0 Å². The Morgan fingerprint density at radius 2 is 0.903 bits per heavy atom. The molecule has 0 aliphatic carbocycles. The highest BCUT2D eigenvalue weighted by Crippen LogP contribution is 2.50. The number of nitrogens with zero attached hydrogens (tertiary/aromatic N) is 4. The lowest BCUT2D eigenvalue weighted by Gasteiger charge is -2.12. The number of aromatic nitrogens is 4. The highest BCUT2D eigenvalue weighted by molar-refractivity contribution is 7.27. The fraction of sp³-hybridized carbons (Fsp3) is 0. The van der Waals surface area contributed by atoms with Crippen LogP contribution in [0.4, 0.5) is 0 Å². The lowest BCUT2D eigenvalue weighted by Crippen LogP contribution is -2.01. The fourth-order valence-electron chi connectivity index (χ4n) is 10.0. The molecule has 9 aromatic carbocycles. The van der Waals surface area contributed by atoms with Crippen LogP contribution in [0, 0.1) is 0 Å². The van der Waals surface area contributed by atoms with Crippen LogP contribution in [-0.4, -0.2) is 19.1 Å². The van der Waals surface area contributed by atoms with E-state index in [0.717, 1.165) is 44.0 Å². The number of thiophene rings is 2. The molecule has 0 spiro atoms. The summed E-state index contributed by atoms with van der Waals surface area (Å²) in [6.07, 6.45) is 0. The molecule has 0 radical (unpaired) electrons. The summed E-state index contributed by atoms with van der Waals surface area (Å²) in [4.78, 5) is 10.9. The monoisotopic (exact) mass is 824 g/mol. The molecule has 0 aliphatic heterocycles. The predicted molar refractivity (Wildman–Crippen MR) is 265 cm³/mol. The number of benzene rings is 9. The van der Waals surface area contributed by atoms with E-state index >= 15 is 0 Å². The quantitative estimate of drug-likeness (QED) is 0.177. The van der Waals surface area contributed by atoms with Crippen LogP contribution in [0.2, 0.25) is 0 Å². The highest BCUT2D eigenvalue weighted by Gasteiger charge is 2.26. The smallest absolute Gasteiger partial charge is 0.162 e. The maximum Gasteiger partial charge on any atom is 0.162 e. The van der Waals surface area contributed by atoms with Gasteiger partial charge in [0.2, 0.25) is 0 Å².